The van der Waals surface area contributed by atoms with Crippen molar-refractivity contribution in [2.45, 2.75) is 46.1 Å². The number of carbonyl (C=O) groups excluding carboxylic acids is 1. The number of fused-ring (bicyclic) bond motifs is 3. The number of H-pyrrole nitrogens is 1. The van der Waals surface area contributed by atoms with Gasteiger partial charge in [-0.15, -0.1) is 0 Å². The van der Waals surface area contributed by atoms with Crippen LogP contribution in [0, 0.1) is 5.41 Å². The summed E-state index contributed by atoms with van der Waals surface area (Å²) in [6, 6.07) is 6.33. The summed E-state index contributed by atoms with van der Waals surface area (Å²) in [4.78, 5) is 15.7. The number of benzene rings is 1. The van der Waals surface area contributed by atoms with Crippen molar-refractivity contribution in [1.29, 1.82) is 0 Å². The Hall–Kier alpha value is -1.97. The van der Waals surface area contributed by atoms with Gasteiger partial charge in [0.2, 0.25) is 5.91 Å². The summed E-state index contributed by atoms with van der Waals surface area (Å²) in [5.74, 6) is 0.994. The molecule has 1 amide bonds. The number of aromatic amines is 1. The molecule has 1 aliphatic carbocycles. The van der Waals surface area contributed by atoms with Crippen LogP contribution in [-0.2, 0) is 17.6 Å². The lowest BCUT2D eigenvalue weighted by Gasteiger charge is -2.27. The summed E-state index contributed by atoms with van der Waals surface area (Å²) >= 11 is 0. The zero-order valence-electron chi connectivity index (χ0n) is 13.7. The van der Waals surface area contributed by atoms with Gasteiger partial charge in [0.05, 0.1) is 7.11 Å². The topological polar surface area (TPSA) is 54.1 Å². The number of carbonyl (C=O) groups is 1. The highest BCUT2D eigenvalue weighted by Gasteiger charge is 2.28. The molecular formula is C18H24N2O2. The van der Waals surface area contributed by atoms with Gasteiger partial charge >= 0.3 is 0 Å². The minimum Gasteiger partial charge on any atom is -0.497 e. The number of ether oxygens (including phenoxy) is 1. The van der Waals surface area contributed by atoms with Gasteiger partial charge in [-0.2, -0.15) is 0 Å². The van der Waals surface area contributed by atoms with Crippen molar-refractivity contribution >= 4 is 16.8 Å². The van der Waals surface area contributed by atoms with E-state index in [9.17, 15) is 4.79 Å². The molecule has 0 aliphatic heterocycles. The van der Waals surface area contributed by atoms with Gasteiger partial charge in [0.1, 0.15) is 5.75 Å². The number of nitrogens with one attached hydrogen (secondary N) is 2. The molecule has 0 radical (unpaired) electrons. The van der Waals surface area contributed by atoms with Gasteiger partial charge in [0.15, 0.2) is 0 Å². The zero-order valence-corrected chi connectivity index (χ0v) is 13.7. The molecule has 0 spiro atoms. The molecule has 1 aliphatic rings. The third-order valence-electron chi connectivity index (χ3n) is 4.41. The normalized spacial score (nSPS) is 18.1. The van der Waals surface area contributed by atoms with Crippen molar-refractivity contribution in [3.05, 3.63) is 29.5 Å². The third kappa shape index (κ3) is 2.70. The fraction of sp³-hybridized carbons (Fsp3) is 0.500. The highest BCUT2D eigenvalue weighted by Crippen LogP contribution is 2.31. The molecule has 0 fully saturated rings. The molecule has 2 N–H and O–H groups in total. The van der Waals surface area contributed by atoms with Crippen LogP contribution in [0.3, 0.4) is 0 Å². The smallest absolute Gasteiger partial charge is 0.225 e. The van der Waals surface area contributed by atoms with Crippen LogP contribution < -0.4 is 10.1 Å². The predicted molar refractivity (Wildman–Crippen MR) is 88.3 cm³/mol. The number of aromatic nitrogens is 1. The summed E-state index contributed by atoms with van der Waals surface area (Å²) in [6.07, 6.45) is 2.84. The average molecular weight is 300 g/mol. The van der Waals surface area contributed by atoms with Crippen molar-refractivity contribution in [1.82, 2.24) is 10.3 Å². The van der Waals surface area contributed by atoms with E-state index in [1.165, 1.54) is 16.6 Å². The minimum absolute atomic E-state index is 0.123. The first-order valence-corrected chi connectivity index (χ1v) is 7.87. The second-order valence-corrected chi connectivity index (χ2v) is 7.16. The number of hydrogen-bond donors (Lipinski definition) is 2. The Morgan fingerprint density at radius 2 is 2.14 bits per heavy atom. The highest BCUT2D eigenvalue weighted by atomic mass is 16.5. The molecule has 4 heteroatoms. The SMILES string of the molecule is COc1ccc2[nH]c3c(c2c1)CC(NC(=O)C(C)(C)C)CC3. The maximum Gasteiger partial charge on any atom is 0.225 e. The van der Waals surface area contributed by atoms with Crippen molar-refractivity contribution in [3.8, 4) is 5.75 Å². The number of hydrogen-bond acceptors (Lipinski definition) is 2. The summed E-state index contributed by atoms with van der Waals surface area (Å²) in [5, 5.41) is 4.41. The molecule has 0 saturated heterocycles. The fourth-order valence-electron chi connectivity index (χ4n) is 3.05. The van der Waals surface area contributed by atoms with Gasteiger partial charge in [-0.3, -0.25) is 4.79 Å². The first-order valence-electron chi connectivity index (χ1n) is 7.87. The van der Waals surface area contributed by atoms with E-state index >= 15 is 0 Å². The first kappa shape index (κ1) is 14.9. The Bertz CT molecular complexity index is 710. The van der Waals surface area contributed by atoms with Crippen LogP contribution in [-0.4, -0.2) is 24.0 Å². The Kier molecular flexibility index (Phi) is 3.63. The minimum atomic E-state index is -0.344. The number of amides is 1. The van der Waals surface area contributed by atoms with E-state index in [1.807, 2.05) is 26.8 Å². The third-order valence-corrected chi connectivity index (χ3v) is 4.41. The van der Waals surface area contributed by atoms with Crippen molar-refractivity contribution < 1.29 is 9.53 Å². The Balaban J connectivity index is 1.87. The molecule has 1 aromatic carbocycles. The van der Waals surface area contributed by atoms with Crippen molar-refractivity contribution in [2.24, 2.45) is 5.41 Å². The van der Waals surface area contributed by atoms with Crippen molar-refractivity contribution in [2.75, 3.05) is 7.11 Å². The number of methoxy groups -OCH3 is 1. The molecule has 1 unspecified atom stereocenters. The second kappa shape index (κ2) is 5.34. The van der Waals surface area contributed by atoms with E-state index in [4.69, 9.17) is 4.74 Å². The van der Waals surface area contributed by atoms with Crippen LogP contribution in [0.4, 0.5) is 0 Å². The highest BCUT2D eigenvalue weighted by molar-refractivity contribution is 5.87. The van der Waals surface area contributed by atoms with E-state index < -0.39 is 0 Å². The van der Waals surface area contributed by atoms with Gasteiger partial charge in [-0.1, -0.05) is 20.8 Å². The lowest BCUT2D eigenvalue weighted by Crippen LogP contribution is -2.44. The van der Waals surface area contributed by atoms with E-state index in [2.05, 4.69) is 22.4 Å². The molecule has 2 aromatic rings. The van der Waals surface area contributed by atoms with Crippen LogP contribution in [0.1, 0.15) is 38.4 Å². The predicted octanol–water partition coefficient (Wildman–Crippen LogP) is 3.20. The number of aryl methyl sites for hydroxylation is 1. The van der Waals surface area contributed by atoms with Crippen LogP contribution in [0.15, 0.2) is 18.2 Å². The van der Waals surface area contributed by atoms with E-state index in [1.54, 1.807) is 7.11 Å². The standard InChI is InChI=1S/C18H24N2O2/c1-18(2,3)17(21)19-11-5-7-15-13(9-11)14-10-12(22-4)6-8-16(14)20-15/h6,8,10-11,20H,5,7,9H2,1-4H3,(H,19,21). The molecule has 0 bridgehead atoms. The van der Waals surface area contributed by atoms with E-state index in [0.29, 0.717) is 0 Å². The summed E-state index contributed by atoms with van der Waals surface area (Å²) < 4.78 is 5.34. The van der Waals surface area contributed by atoms with Crippen LogP contribution in [0.25, 0.3) is 10.9 Å². The Morgan fingerprint density at radius 3 is 2.82 bits per heavy atom. The molecule has 3 rings (SSSR count). The molecule has 1 atom stereocenters. The molecular weight excluding hydrogens is 276 g/mol. The van der Waals surface area contributed by atoms with Crippen LogP contribution in [0.2, 0.25) is 0 Å². The fourth-order valence-corrected chi connectivity index (χ4v) is 3.05. The van der Waals surface area contributed by atoms with Gasteiger partial charge < -0.3 is 15.0 Å². The summed E-state index contributed by atoms with van der Waals surface area (Å²) in [6.45, 7) is 5.85. The van der Waals surface area contributed by atoms with Crippen molar-refractivity contribution in [3.63, 3.8) is 0 Å². The van der Waals surface area contributed by atoms with Gasteiger partial charge in [-0.05, 0) is 43.0 Å². The first-order chi connectivity index (χ1) is 10.4. The maximum atomic E-state index is 12.2. The Morgan fingerprint density at radius 1 is 1.36 bits per heavy atom. The van der Waals surface area contributed by atoms with Crippen LogP contribution >= 0.6 is 0 Å². The molecule has 22 heavy (non-hydrogen) atoms. The largest absolute Gasteiger partial charge is 0.497 e. The monoisotopic (exact) mass is 300 g/mol. The molecule has 118 valence electrons. The molecule has 4 nitrogen and oxygen atoms in total. The number of rotatable bonds is 2. The molecule has 1 heterocycles. The summed E-state index contributed by atoms with van der Waals surface area (Å²) in [5.41, 5.74) is 3.42. The molecule has 1 aromatic heterocycles. The summed E-state index contributed by atoms with van der Waals surface area (Å²) in [7, 11) is 1.69. The lowest BCUT2D eigenvalue weighted by atomic mass is 9.89. The quantitative estimate of drug-likeness (QED) is 0.895. The Labute approximate surface area is 131 Å². The van der Waals surface area contributed by atoms with Crippen LogP contribution in [0.5, 0.6) is 5.75 Å². The van der Waals surface area contributed by atoms with E-state index in [-0.39, 0.29) is 17.4 Å². The average Bonchev–Trinajstić information content (AvgIpc) is 2.83. The van der Waals surface area contributed by atoms with Gasteiger partial charge in [-0.25, -0.2) is 0 Å². The lowest BCUT2D eigenvalue weighted by molar-refractivity contribution is -0.129. The molecule has 0 saturated carbocycles. The maximum absolute atomic E-state index is 12.2. The van der Waals surface area contributed by atoms with Gasteiger partial charge in [0.25, 0.3) is 0 Å². The van der Waals surface area contributed by atoms with E-state index in [0.717, 1.165) is 30.5 Å². The van der Waals surface area contributed by atoms with Gasteiger partial charge in [0, 0.05) is 28.1 Å². The second-order valence-electron chi connectivity index (χ2n) is 7.16. The zero-order chi connectivity index (χ0) is 15.9.